The van der Waals surface area contributed by atoms with E-state index in [2.05, 4.69) is 15.0 Å². The maximum absolute atomic E-state index is 5.79. The summed E-state index contributed by atoms with van der Waals surface area (Å²) in [6.07, 6.45) is 3.95. The van der Waals surface area contributed by atoms with Crippen LogP contribution in [-0.4, -0.2) is 15.0 Å². The highest BCUT2D eigenvalue weighted by Gasteiger charge is 2.26. The van der Waals surface area contributed by atoms with E-state index in [9.17, 15) is 0 Å². The minimum absolute atomic E-state index is 0.494. The lowest BCUT2D eigenvalue weighted by molar-refractivity contribution is 0.992. The summed E-state index contributed by atoms with van der Waals surface area (Å²) in [6.45, 7) is 0. The van der Waals surface area contributed by atoms with E-state index in [1.54, 1.807) is 18.3 Å². The zero-order valence-electron chi connectivity index (χ0n) is 9.10. The van der Waals surface area contributed by atoms with Gasteiger partial charge in [-0.25, -0.2) is 9.97 Å². The van der Waals surface area contributed by atoms with Crippen LogP contribution in [0.2, 0.25) is 5.02 Å². The van der Waals surface area contributed by atoms with E-state index in [1.807, 2.05) is 6.07 Å². The molecule has 2 N–H and O–H groups in total. The van der Waals surface area contributed by atoms with Gasteiger partial charge in [0.2, 0.25) is 0 Å². The van der Waals surface area contributed by atoms with Gasteiger partial charge in [0.1, 0.15) is 11.5 Å². The van der Waals surface area contributed by atoms with E-state index in [0.29, 0.717) is 28.3 Å². The molecule has 0 saturated heterocycles. The van der Waals surface area contributed by atoms with Crippen LogP contribution < -0.4 is 5.73 Å². The van der Waals surface area contributed by atoms with Crippen LogP contribution in [0.25, 0.3) is 11.5 Å². The largest absolute Gasteiger partial charge is 0.384 e. The first-order chi connectivity index (χ1) is 8.22. The van der Waals surface area contributed by atoms with E-state index in [0.717, 1.165) is 5.69 Å². The lowest BCUT2D eigenvalue weighted by Gasteiger charge is -2.04. The maximum Gasteiger partial charge on any atom is 0.180 e. The van der Waals surface area contributed by atoms with Crippen LogP contribution >= 0.6 is 11.6 Å². The average molecular weight is 247 g/mol. The van der Waals surface area contributed by atoms with Gasteiger partial charge in [-0.1, -0.05) is 11.6 Å². The molecule has 0 amide bonds. The predicted molar refractivity (Wildman–Crippen MR) is 66.7 cm³/mol. The third-order valence-electron chi connectivity index (χ3n) is 2.72. The summed E-state index contributed by atoms with van der Waals surface area (Å²) in [5.74, 6) is 1.61. The van der Waals surface area contributed by atoms with E-state index in [1.165, 1.54) is 12.8 Å². The second-order valence-corrected chi connectivity index (χ2v) is 4.61. The van der Waals surface area contributed by atoms with Crippen molar-refractivity contribution in [3.8, 4) is 11.5 Å². The molecule has 2 aromatic heterocycles. The summed E-state index contributed by atoms with van der Waals surface area (Å²) in [6, 6.07) is 5.41. The zero-order valence-corrected chi connectivity index (χ0v) is 9.85. The van der Waals surface area contributed by atoms with E-state index < -0.39 is 0 Å². The van der Waals surface area contributed by atoms with Gasteiger partial charge < -0.3 is 5.73 Å². The van der Waals surface area contributed by atoms with Crippen molar-refractivity contribution in [3.05, 3.63) is 35.1 Å². The van der Waals surface area contributed by atoms with Gasteiger partial charge in [-0.15, -0.1) is 0 Å². The first-order valence-corrected chi connectivity index (χ1v) is 5.86. The highest BCUT2D eigenvalue weighted by atomic mass is 35.5. The number of hydrogen-bond donors (Lipinski definition) is 1. The number of pyridine rings is 1. The minimum atomic E-state index is 0.494. The molecule has 0 unspecified atom stereocenters. The molecule has 0 aliphatic heterocycles. The fourth-order valence-corrected chi connectivity index (χ4v) is 1.81. The first-order valence-electron chi connectivity index (χ1n) is 5.49. The molecular weight excluding hydrogens is 236 g/mol. The maximum atomic E-state index is 5.79. The van der Waals surface area contributed by atoms with Gasteiger partial charge in [0.15, 0.2) is 5.82 Å². The van der Waals surface area contributed by atoms with E-state index in [-0.39, 0.29) is 0 Å². The third kappa shape index (κ3) is 2.22. The smallest absolute Gasteiger partial charge is 0.180 e. The van der Waals surface area contributed by atoms with Crippen molar-refractivity contribution in [2.24, 2.45) is 0 Å². The molecule has 1 aliphatic rings. The summed E-state index contributed by atoms with van der Waals surface area (Å²) in [5.41, 5.74) is 7.50. The molecule has 0 aromatic carbocycles. The number of hydrogen-bond acceptors (Lipinski definition) is 4. The Morgan fingerprint density at radius 2 is 2.06 bits per heavy atom. The lowest BCUT2D eigenvalue weighted by atomic mass is 10.2. The molecular formula is C12H11ClN4. The first kappa shape index (κ1) is 10.5. The zero-order chi connectivity index (χ0) is 11.8. The summed E-state index contributed by atoms with van der Waals surface area (Å²) in [4.78, 5) is 12.9. The van der Waals surface area contributed by atoms with Crippen molar-refractivity contribution in [3.63, 3.8) is 0 Å². The van der Waals surface area contributed by atoms with Crippen molar-refractivity contribution >= 4 is 17.4 Å². The van der Waals surface area contributed by atoms with Crippen LogP contribution in [0, 0.1) is 0 Å². The summed E-state index contributed by atoms with van der Waals surface area (Å²) in [7, 11) is 0. The van der Waals surface area contributed by atoms with Crippen LogP contribution in [-0.2, 0) is 0 Å². The molecule has 1 aliphatic carbocycles. The minimum Gasteiger partial charge on any atom is -0.384 e. The SMILES string of the molecule is Nc1cc(C2CC2)nc(-c2ccc(Cl)cn2)n1. The number of halogens is 1. The fourth-order valence-electron chi connectivity index (χ4n) is 1.70. The van der Waals surface area contributed by atoms with Gasteiger partial charge in [0, 0.05) is 23.9 Å². The number of nitrogens with zero attached hydrogens (tertiary/aromatic N) is 3. The molecule has 2 heterocycles. The van der Waals surface area contributed by atoms with E-state index >= 15 is 0 Å². The molecule has 0 bridgehead atoms. The van der Waals surface area contributed by atoms with Crippen molar-refractivity contribution in [1.82, 2.24) is 15.0 Å². The van der Waals surface area contributed by atoms with Gasteiger partial charge in [-0.3, -0.25) is 4.98 Å². The highest BCUT2D eigenvalue weighted by molar-refractivity contribution is 6.30. The molecule has 1 fully saturated rings. The normalized spacial score (nSPS) is 14.9. The van der Waals surface area contributed by atoms with Crippen LogP contribution in [0.1, 0.15) is 24.5 Å². The Bertz CT molecular complexity index is 549. The van der Waals surface area contributed by atoms with Gasteiger partial charge in [0.25, 0.3) is 0 Å². The van der Waals surface area contributed by atoms with Crippen molar-refractivity contribution in [2.75, 3.05) is 5.73 Å². The van der Waals surface area contributed by atoms with Crippen LogP contribution in [0.15, 0.2) is 24.4 Å². The topological polar surface area (TPSA) is 64.7 Å². The molecule has 1 saturated carbocycles. The number of aromatic nitrogens is 3. The Morgan fingerprint density at radius 1 is 1.24 bits per heavy atom. The quantitative estimate of drug-likeness (QED) is 0.885. The second-order valence-electron chi connectivity index (χ2n) is 4.18. The average Bonchev–Trinajstić information content (AvgIpc) is 3.13. The monoisotopic (exact) mass is 246 g/mol. The Balaban J connectivity index is 2.04. The molecule has 3 rings (SSSR count). The van der Waals surface area contributed by atoms with Crippen molar-refractivity contribution in [1.29, 1.82) is 0 Å². The van der Waals surface area contributed by atoms with Crippen LogP contribution in [0.3, 0.4) is 0 Å². The Morgan fingerprint density at radius 3 is 2.71 bits per heavy atom. The number of nitrogens with two attached hydrogens (primary N) is 1. The third-order valence-corrected chi connectivity index (χ3v) is 2.94. The van der Waals surface area contributed by atoms with Gasteiger partial charge in [-0.05, 0) is 25.0 Å². The van der Waals surface area contributed by atoms with Crippen LogP contribution in [0.5, 0.6) is 0 Å². The predicted octanol–water partition coefficient (Wildman–Crippen LogP) is 2.65. The fraction of sp³-hybridized carbons (Fsp3) is 0.250. The molecule has 0 spiro atoms. The van der Waals surface area contributed by atoms with Gasteiger partial charge in [-0.2, -0.15) is 0 Å². The Kier molecular flexibility index (Phi) is 2.44. The Labute approximate surface area is 104 Å². The van der Waals surface area contributed by atoms with Crippen LogP contribution in [0.4, 0.5) is 5.82 Å². The summed E-state index contributed by atoms with van der Waals surface area (Å²) >= 11 is 5.79. The highest BCUT2D eigenvalue weighted by Crippen LogP contribution is 2.39. The Hall–Kier alpha value is -1.68. The lowest BCUT2D eigenvalue weighted by Crippen LogP contribution is -2.00. The van der Waals surface area contributed by atoms with E-state index in [4.69, 9.17) is 17.3 Å². The summed E-state index contributed by atoms with van der Waals surface area (Å²) < 4.78 is 0. The number of nitrogen functional groups attached to an aromatic ring is 1. The standard InChI is InChI=1S/C12H11ClN4/c13-8-3-4-9(15-6-8)12-16-10(7-1-2-7)5-11(14)17-12/h3-7H,1-2H2,(H2,14,16,17). The van der Waals surface area contributed by atoms with Gasteiger partial charge in [0.05, 0.1) is 5.02 Å². The molecule has 0 atom stereocenters. The number of rotatable bonds is 2. The number of anilines is 1. The van der Waals surface area contributed by atoms with Gasteiger partial charge >= 0.3 is 0 Å². The second kappa shape index (κ2) is 3.96. The van der Waals surface area contributed by atoms with Crippen molar-refractivity contribution < 1.29 is 0 Å². The summed E-state index contributed by atoms with van der Waals surface area (Å²) in [5, 5.41) is 0.597. The molecule has 0 radical (unpaired) electrons. The molecule has 2 aromatic rings. The van der Waals surface area contributed by atoms with Crippen molar-refractivity contribution in [2.45, 2.75) is 18.8 Å². The molecule has 4 nitrogen and oxygen atoms in total. The molecule has 17 heavy (non-hydrogen) atoms. The molecule has 5 heteroatoms. The molecule has 86 valence electrons.